The molecule has 96 valence electrons. The lowest BCUT2D eigenvalue weighted by atomic mass is 10.2. The van der Waals surface area contributed by atoms with Crippen LogP contribution in [0.15, 0.2) is 22.7 Å². The first-order valence-electron chi connectivity index (χ1n) is 5.43. The number of nitrogen functional groups attached to an aromatic ring is 1. The molecule has 0 bridgehead atoms. The van der Waals surface area contributed by atoms with Crippen molar-refractivity contribution < 1.29 is 9.47 Å². The predicted octanol–water partition coefficient (Wildman–Crippen LogP) is 1.78. The number of nitrogens with one attached hydrogen (secondary N) is 1. The van der Waals surface area contributed by atoms with Crippen molar-refractivity contribution in [2.75, 3.05) is 33.1 Å². The quantitative estimate of drug-likeness (QED) is 0.754. The highest BCUT2D eigenvalue weighted by Crippen LogP contribution is 2.19. The summed E-state index contributed by atoms with van der Waals surface area (Å²) in [5.41, 5.74) is 7.71. The van der Waals surface area contributed by atoms with Crippen LogP contribution in [-0.2, 0) is 16.0 Å². The molecule has 1 aromatic rings. The van der Waals surface area contributed by atoms with Crippen LogP contribution >= 0.6 is 15.9 Å². The smallest absolute Gasteiger partial charge is 0.0928 e. The largest absolute Gasteiger partial charge is 0.398 e. The Morgan fingerprint density at radius 2 is 2.18 bits per heavy atom. The maximum absolute atomic E-state index is 5.81. The molecule has 4 nitrogen and oxygen atoms in total. The van der Waals surface area contributed by atoms with Crippen molar-refractivity contribution in [1.82, 2.24) is 5.32 Å². The van der Waals surface area contributed by atoms with Gasteiger partial charge in [-0.3, -0.25) is 0 Å². The van der Waals surface area contributed by atoms with Gasteiger partial charge in [-0.05, 0) is 33.6 Å². The molecule has 0 heterocycles. The number of hydrogen-bond donors (Lipinski definition) is 2. The molecule has 0 saturated carbocycles. The van der Waals surface area contributed by atoms with E-state index < -0.39 is 0 Å². The number of halogens is 1. The van der Waals surface area contributed by atoms with Crippen LogP contribution in [0.4, 0.5) is 5.69 Å². The number of benzene rings is 1. The van der Waals surface area contributed by atoms with Crippen molar-refractivity contribution in [2.45, 2.75) is 12.6 Å². The third kappa shape index (κ3) is 5.04. The van der Waals surface area contributed by atoms with Crippen molar-refractivity contribution in [3.8, 4) is 0 Å². The van der Waals surface area contributed by atoms with Crippen LogP contribution in [0.3, 0.4) is 0 Å². The Kier molecular flexibility index (Phi) is 6.50. The van der Waals surface area contributed by atoms with Crippen LogP contribution in [0.5, 0.6) is 0 Å². The molecule has 0 fully saturated rings. The van der Waals surface area contributed by atoms with Crippen molar-refractivity contribution in [1.29, 1.82) is 0 Å². The summed E-state index contributed by atoms with van der Waals surface area (Å²) in [5.74, 6) is 0. The van der Waals surface area contributed by atoms with Crippen LogP contribution in [-0.4, -0.2) is 33.5 Å². The number of anilines is 1. The highest BCUT2D eigenvalue weighted by Gasteiger charge is 2.06. The lowest BCUT2D eigenvalue weighted by Gasteiger charge is -2.15. The third-order valence-corrected chi connectivity index (χ3v) is 3.17. The van der Waals surface area contributed by atoms with Crippen LogP contribution in [0.2, 0.25) is 0 Å². The molecule has 0 aromatic heterocycles. The van der Waals surface area contributed by atoms with Gasteiger partial charge in [-0.1, -0.05) is 6.07 Å². The van der Waals surface area contributed by atoms with Crippen LogP contribution < -0.4 is 11.1 Å². The molecule has 1 aromatic carbocycles. The third-order valence-electron chi connectivity index (χ3n) is 2.45. The molecule has 0 aliphatic heterocycles. The Morgan fingerprint density at radius 1 is 1.41 bits per heavy atom. The summed E-state index contributed by atoms with van der Waals surface area (Å²) in [5, 5.41) is 3.31. The maximum Gasteiger partial charge on any atom is 0.0928 e. The SMILES string of the molecule is COCC(CNCc1ccc(Br)c(N)c1)OC. The number of rotatable bonds is 7. The monoisotopic (exact) mass is 302 g/mol. The van der Waals surface area contributed by atoms with E-state index in [2.05, 4.69) is 21.2 Å². The molecule has 0 spiro atoms. The number of ether oxygens (including phenoxy) is 2. The normalized spacial score (nSPS) is 12.6. The summed E-state index contributed by atoms with van der Waals surface area (Å²) in [6.07, 6.45) is 0.0767. The Bertz CT molecular complexity index is 347. The van der Waals surface area contributed by atoms with Gasteiger partial charge in [0.1, 0.15) is 0 Å². The minimum absolute atomic E-state index is 0.0767. The standard InChI is InChI=1S/C12H19BrN2O2/c1-16-8-10(17-2)7-15-6-9-3-4-11(13)12(14)5-9/h3-5,10,15H,6-8,14H2,1-2H3. The zero-order valence-electron chi connectivity index (χ0n) is 10.2. The lowest BCUT2D eigenvalue weighted by molar-refractivity contribution is 0.0288. The van der Waals surface area contributed by atoms with Gasteiger partial charge in [0, 0.05) is 37.5 Å². The fraction of sp³-hybridized carbons (Fsp3) is 0.500. The van der Waals surface area contributed by atoms with E-state index in [9.17, 15) is 0 Å². The zero-order chi connectivity index (χ0) is 12.7. The molecule has 5 heteroatoms. The maximum atomic E-state index is 5.81. The predicted molar refractivity (Wildman–Crippen MR) is 72.9 cm³/mol. The topological polar surface area (TPSA) is 56.5 Å². The molecule has 0 amide bonds. The molecular formula is C12H19BrN2O2. The molecule has 17 heavy (non-hydrogen) atoms. The second-order valence-electron chi connectivity index (χ2n) is 3.80. The van der Waals surface area contributed by atoms with E-state index in [0.29, 0.717) is 6.61 Å². The summed E-state index contributed by atoms with van der Waals surface area (Å²) in [6.45, 7) is 2.10. The average Bonchev–Trinajstić information content (AvgIpc) is 2.32. The first-order chi connectivity index (χ1) is 8.17. The van der Waals surface area contributed by atoms with E-state index in [1.165, 1.54) is 0 Å². The van der Waals surface area contributed by atoms with E-state index in [1.807, 2.05) is 18.2 Å². The number of methoxy groups -OCH3 is 2. The molecule has 1 rings (SSSR count). The van der Waals surface area contributed by atoms with Gasteiger partial charge in [0.2, 0.25) is 0 Å². The van der Waals surface area contributed by atoms with Crippen LogP contribution in [0.25, 0.3) is 0 Å². The molecule has 1 atom stereocenters. The summed E-state index contributed by atoms with van der Waals surface area (Å²) >= 11 is 3.37. The van der Waals surface area contributed by atoms with E-state index >= 15 is 0 Å². The lowest BCUT2D eigenvalue weighted by Crippen LogP contribution is -2.31. The second kappa shape index (κ2) is 7.66. The Balaban J connectivity index is 2.37. The van der Waals surface area contributed by atoms with Crippen molar-refractivity contribution in [3.63, 3.8) is 0 Å². The summed E-state index contributed by atoms with van der Waals surface area (Å²) in [6, 6.07) is 5.94. The molecule has 0 aliphatic rings. The highest BCUT2D eigenvalue weighted by molar-refractivity contribution is 9.10. The summed E-state index contributed by atoms with van der Waals surface area (Å²) < 4.78 is 11.2. The van der Waals surface area contributed by atoms with Gasteiger partial charge in [0.05, 0.1) is 12.7 Å². The van der Waals surface area contributed by atoms with Crippen LogP contribution in [0, 0.1) is 0 Å². The minimum atomic E-state index is 0.0767. The highest BCUT2D eigenvalue weighted by atomic mass is 79.9. The minimum Gasteiger partial charge on any atom is -0.398 e. The van der Waals surface area contributed by atoms with Crippen molar-refractivity contribution in [2.24, 2.45) is 0 Å². The van der Waals surface area contributed by atoms with Crippen LogP contribution in [0.1, 0.15) is 5.56 Å². The molecule has 1 unspecified atom stereocenters. The van der Waals surface area contributed by atoms with Gasteiger partial charge in [-0.25, -0.2) is 0 Å². The van der Waals surface area contributed by atoms with E-state index in [4.69, 9.17) is 15.2 Å². The Hall–Kier alpha value is -0.620. The molecule has 3 N–H and O–H groups in total. The van der Waals surface area contributed by atoms with Gasteiger partial charge in [-0.2, -0.15) is 0 Å². The summed E-state index contributed by atoms with van der Waals surface area (Å²) in [4.78, 5) is 0. The van der Waals surface area contributed by atoms with Gasteiger partial charge >= 0.3 is 0 Å². The Labute approximate surface area is 111 Å². The Morgan fingerprint density at radius 3 is 2.76 bits per heavy atom. The fourth-order valence-corrected chi connectivity index (χ4v) is 1.72. The van der Waals surface area contributed by atoms with Gasteiger partial charge in [-0.15, -0.1) is 0 Å². The molecule has 0 aliphatic carbocycles. The van der Waals surface area contributed by atoms with Gasteiger partial charge < -0.3 is 20.5 Å². The van der Waals surface area contributed by atoms with Crippen molar-refractivity contribution >= 4 is 21.6 Å². The second-order valence-corrected chi connectivity index (χ2v) is 4.65. The molecule has 0 radical (unpaired) electrons. The fourth-order valence-electron chi connectivity index (χ4n) is 1.48. The van der Waals surface area contributed by atoms with Crippen molar-refractivity contribution in [3.05, 3.63) is 28.2 Å². The molecule has 0 saturated heterocycles. The van der Waals surface area contributed by atoms with E-state index in [0.717, 1.165) is 28.8 Å². The van der Waals surface area contributed by atoms with Gasteiger partial charge in [0.25, 0.3) is 0 Å². The zero-order valence-corrected chi connectivity index (χ0v) is 11.8. The molecular weight excluding hydrogens is 284 g/mol. The van der Waals surface area contributed by atoms with Gasteiger partial charge in [0.15, 0.2) is 0 Å². The average molecular weight is 303 g/mol. The number of hydrogen-bond acceptors (Lipinski definition) is 4. The number of nitrogens with two attached hydrogens (primary N) is 1. The first-order valence-corrected chi connectivity index (χ1v) is 6.23. The van der Waals surface area contributed by atoms with E-state index in [-0.39, 0.29) is 6.10 Å². The first kappa shape index (κ1) is 14.4. The van der Waals surface area contributed by atoms with E-state index in [1.54, 1.807) is 14.2 Å². The summed E-state index contributed by atoms with van der Waals surface area (Å²) in [7, 11) is 3.35.